The fourth-order valence-corrected chi connectivity index (χ4v) is 4.83. The molecule has 8 nitrogen and oxygen atoms in total. The summed E-state index contributed by atoms with van der Waals surface area (Å²) in [5.41, 5.74) is 1.25. The van der Waals surface area contributed by atoms with Crippen LogP contribution in [0.2, 0.25) is 0 Å². The fraction of sp³-hybridized carbons (Fsp3) is 0.190. The lowest BCUT2D eigenvalue weighted by Crippen LogP contribution is -2.28. The van der Waals surface area contributed by atoms with Gasteiger partial charge in [0.2, 0.25) is 10.0 Å². The van der Waals surface area contributed by atoms with E-state index in [9.17, 15) is 18.3 Å². The second-order valence-electron chi connectivity index (χ2n) is 6.94. The zero-order chi connectivity index (χ0) is 21.1. The van der Waals surface area contributed by atoms with E-state index >= 15 is 0 Å². The van der Waals surface area contributed by atoms with Gasteiger partial charge in [0, 0.05) is 24.2 Å². The third kappa shape index (κ3) is 4.17. The lowest BCUT2D eigenvalue weighted by molar-refractivity contribution is 0.102. The van der Waals surface area contributed by atoms with Crippen LogP contribution in [0.3, 0.4) is 0 Å². The van der Waals surface area contributed by atoms with Crippen LogP contribution < -0.4 is 5.32 Å². The van der Waals surface area contributed by atoms with E-state index in [1.807, 2.05) is 0 Å². The van der Waals surface area contributed by atoms with Crippen LogP contribution in [0.25, 0.3) is 11.4 Å². The summed E-state index contributed by atoms with van der Waals surface area (Å²) in [6.45, 7) is 1.00. The van der Waals surface area contributed by atoms with Crippen molar-refractivity contribution in [2.24, 2.45) is 0 Å². The van der Waals surface area contributed by atoms with E-state index in [4.69, 9.17) is 0 Å². The van der Waals surface area contributed by atoms with E-state index in [1.54, 1.807) is 36.4 Å². The predicted molar refractivity (Wildman–Crippen MR) is 112 cm³/mol. The highest BCUT2D eigenvalue weighted by atomic mass is 32.2. The van der Waals surface area contributed by atoms with Gasteiger partial charge in [-0.25, -0.2) is 18.4 Å². The number of hydrogen-bond acceptors (Lipinski definition) is 6. The van der Waals surface area contributed by atoms with E-state index in [0.717, 1.165) is 12.8 Å². The number of nitrogens with one attached hydrogen (secondary N) is 1. The first-order valence-corrected chi connectivity index (χ1v) is 10.9. The molecule has 0 aliphatic carbocycles. The number of carbonyl (C=O) groups excluding carboxylic acids is 1. The molecule has 0 saturated carbocycles. The molecule has 0 atom stereocenters. The van der Waals surface area contributed by atoms with E-state index in [-0.39, 0.29) is 16.2 Å². The third-order valence-corrected chi connectivity index (χ3v) is 6.71. The van der Waals surface area contributed by atoms with Crippen LogP contribution in [0.15, 0.2) is 65.8 Å². The molecule has 2 aromatic carbocycles. The third-order valence-electron chi connectivity index (χ3n) is 4.81. The quantitative estimate of drug-likeness (QED) is 0.651. The number of sulfonamides is 1. The van der Waals surface area contributed by atoms with Crippen molar-refractivity contribution in [3.8, 4) is 17.1 Å². The Balaban J connectivity index is 1.50. The summed E-state index contributed by atoms with van der Waals surface area (Å²) in [7, 11) is -3.60. The molecule has 3 aromatic rings. The van der Waals surface area contributed by atoms with Crippen LogP contribution in [-0.4, -0.2) is 46.8 Å². The molecule has 1 aliphatic rings. The Labute approximate surface area is 174 Å². The monoisotopic (exact) mass is 424 g/mol. The van der Waals surface area contributed by atoms with Gasteiger partial charge in [0.15, 0.2) is 5.82 Å². The van der Waals surface area contributed by atoms with Crippen molar-refractivity contribution in [2.45, 2.75) is 17.7 Å². The molecular weight excluding hydrogens is 404 g/mol. The normalized spacial score (nSPS) is 14.5. The minimum atomic E-state index is -3.60. The van der Waals surface area contributed by atoms with E-state index in [0.29, 0.717) is 30.2 Å². The first kappa shape index (κ1) is 20.0. The average molecular weight is 424 g/mol. The van der Waals surface area contributed by atoms with Crippen molar-refractivity contribution in [3.05, 3.63) is 66.5 Å². The van der Waals surface area contributed by atoms with Gasteiger partial charge in [0.1, 0.15) is 5.75 Å². The Morgan fingerprint density at radius 2 is 1.70 bits per heavy atom. The number of benzene rings is 2. The molecule has 0 spiro atoms. The van der Waals surface area contributed by atoms with Crippen LogP contribution in [0, 0.1) is 0 Å². The van der Waals surface area contributed by atoms with E-state index in [1.165, 1.54) is 28.8 Å². The summed E-state index contributed by atoms with van der Waals surface area (Å²) in [6.07, 6.45) is 4.60. The maximum atomic E-state index is 12.7. The number of amides is 1. The molecule has 4 rings (SSSR count). The van der Waals surface area contributed by atoms with Crippen molar-refractivity contribution in [1.29, 1.82) is 0 Å². The van der Waals surface area contributed by atoms with Crippen molar-refractivity contribution in [1.82, 2.24) is 14.3 Å². The molecule has 2 N–H and O–H groups in total. The molecule has 1 aromatic heterocycles. The molecule has 1 saturated heterocycles. The molecule has 1 aliphatic heterocycles. The molecular formula is C21H20N4O4S. The first-order valence-electron chi connectivity index (χ1n) is 9.46. The highest BCUT2D eigenvalue weighted by molar-refractivity contribution is 7.89. The summed E-state index contributed by atoms with van der Waals surface area (Å²) >= 11 is 0. The Morgan fingerprint density at radius 3 is 2.40 bits per heavy atom. The van der Waals surface area contributed by atoms with Crippen LogP contribution in [0.1, 0.15) is 23.2 Å². The van der Waals surface area contributed by atoms with Gasteiger partial charge < -0.3 is 10.4 Å². The molecule has 1 amide bonds. The van der Waals surface area contributed by atoms with Crippen LogP contribution in [0.4, 0.5) is 5.69 Å². The van der Waals surface area contributed by atoms with Crippen LogP contribution >= 0.6 is 0 Å². The molecule has 30 heavy (non-hydrogen) atoms. The minimum absolute atomic E-state index is 0.104. The Morgan fingerprint density at radius 1 is 1.00 bits per heavy atom. The summed E-state index contributed by atoms with van der Waals surface area (Å²) < 4.78 is 26.9. The maximum absolute atomic E-state index is 12.7. The van der Waals surface area contributed by atoms with Gasteiger partial charge in [-0.3, -0.25) is 4.79 Å². The summed E-state index contributed by atoms with van der Waals surface area (Å²) in [5.74, 6) is 0.0574. The van der Waals surface area contributed by atoms with E-state index in [2.05, 4.69) is 15.3 Å². The number of nitrogens with zero attached hydrogens (tertiary/aromatic N) is 3. The van der Waals surface area contributed by atoms with Gasteiger partial charge >= 0.3 is 0 Å². The SMILES string of the molecule is O=C(Nc1cnc(-c2cccc(O)c2)nc1)c1cccc(S(=O)(=O)N2CCCC2)c1. The summed E-state index contributed by atoms with van der Waals surface area (Å²) in [4.78, 5) is 21.1. The number of carbonyl (C=O) groups is 1. The standard InChI is InChI=1S/C21H20N4O4S/c26-18-7-3-5-15(11-18)20-22-13-17(14-23-20)24-21(27)16-6-4-8-19(12-16)30(28,29)25-9-1-2-10-25/h3-8,11-14,26H,1-2,9-10H2,(H,24,27). The number of aromatic hydroxyl groups is 1. The molecule has 0 unspecified atom stereocenters. The van der Waals surface area contributed by atoms with Crippen molar-refractivity contribution >= 4 is 21.6 Å². The average Bonchev–Trinajstić information content (AvgIpc) is 3.30. The van der Waals surface area contributed by atoms with Crippen molar-refractivity contribution < 1.29 is 18.3 Å². The van der Waals surface area contributed by atoms with Crippen LogP contribution in [0.5, 0.6) is 5.75 Å². The van der Waals surface area contributed by atoms with Gasteiger partial charge in [0.05, 0.1) is 23.0 Å². The van der Waals surface area contributed by atoms with Gasteiger partial charge in [-0.15, -0.1) is 0 Å². The largest absolute Gasteiger partial charge is 0.508 e. The lowest BCUT2D eigenvalue weighted by Gasteiger charge is -2.16. The zero-order valence-electron chi connectivity index (χ0n) is 16.0. The molecule has 0 radical (unpaired) electrons. The number of phenols is 1. The van der Waals surface area contributed by atoms with E-state index < -0.39 is 15.9 Å². The second kappa shape index (κ2) is 8.21. The van der Waals surface area contributed by atoms with Crippen molar-refractivity contribution in [2.75, 3.05) is 18.4 Å². The predicted octanol–water partition coefficient (Wildman–Crippen LogP) is 2.89. The topological polar surface area (TPSA) is 112 Å². The zero-order valence-corrected chi connectivity index (χ0v) is 16.8. The number of phenolic OH excluding ortho intramolecular Hbond substituents is 1. The summed E-state index contributed by atoms with van der Waals surface area (Å²) in [5, 5.41) is 12.2. The molecule has 1 fully saturated rings. The fourth-order valence-electron chi connectivity index (χ4n) is 3.27. The lowest BCUT2D eigenvalue weighted by atomic mass is 10.2. The van der Waals surface area contributed by atoms with Gasteiger partial charge in [0.25, 0.3) is 5.91 Å². The number of rotatable bonds is 5. The molecule has 154 valence electrons. The summed E-state index contributed by atoms with van der Waals surface area (Å²) in [6, 6.07) is 12.5. The minimum Gasteiger partial charge on any atom is -0.508 e. The van der Waals surface area contributed by atoms with Gasteiger partial charge in [-0.05, 0) is 43.2 Å². The highest BCUT2D eigenvalue weighted by Gasteiger charge is 2.27. The Hall–Kier alpha value is -3.30. The smallest absolute Gasteiger partial charge is 0.255 e. The Bertz CT molecular complexity index is 1170. The number of aromatic nitrogens is 2. The van der Waals surface area contributed by atoms with Gasteiger partial charge in [-0.2, -0.15) is 4.31 Å². The molecule has 0 bridgehead atoms. The molecule has 9 heteroatoms. The highest BCUT2D eigenvalue weighted by Crippen LogP contribution is 2.23. The number of anilines is 1. The molecule has 2 heterocycles. The van der Waals surface area contributed by atoms with Crippen molar-refractivity contribution in [3.63, 3.8) is 0 Å². The number of hydrogen-bond donors (Lipinski definition) is 2. The maximum Gasteiger partial charge on any atom is 0.255 e. The Kier molecular flexibility index (Phi) is 5.47. The second-order valence-corrected chi connectivity index (χ2v) is 8.88. The van der Waals surface area contributed by atoms with Gasteiger partial charge in [-0.1, -0.05) is 18.2 Å². The first-order chi connectivity index (χ1) is 14.4. The van der Waals surface area contributed by atoms with Crippen LogP contribution in [-0.2, 0) is 10.0 Å².